The molecule has 0 unspecified atom stereocenters. The molecule has 0 radical (unpaired) electrons. The fraction of sp³-hybridized carbons (Fsp3) is 0.231. The number of hydrogen-bond donors (Lipinski definition) is 1. The van der Waals surface area contributed by atoms with E-state index in [1.54, 1.807) is 35.1 Å². The molecule has 0 saturated heterocycles. The molecule has 0 aliphatic carbocycles. The Balaban J connectivity index is 1.54. The largest absolute Gasteiger partial charge is 0.369 e. The molecule has 1 N–H and O–H groups in total. The van der Waals surface area contributed by atoms with E-state index < -0.39 is 0 Å². The average Bonchev–Trinajstić information content (AvgIpc) is 3.34. The summed E-state index contributed by atoms with van der Waals surface area (Å²) >= 11 is 3.49. The Bertz CT molecular complexity index is 1390. The number of nitrogens with zero attached hydrogens (tertiary/aromatic N) is 4. The molecule has 33 heavy (non-hydrogen) atoms. The summed E-state index contributed by atoms with van der Waals surface area (Å²) in [4.78, 5) is 21.2. The fourth-order valence-electron chi connectivity index (χ4n) is 4.01. The maximum absolute atomic E-state index is 5.04. The highest BCUT2D eigenvalue weighted by Gasteiger charge is 2.21. The van der Waals surface area contributed by atoms with Crippen LogP contribution in [-0.2, 0) is 6.42 Å². The van der Waals surface area contributed by atoms with Gasteiger partial charge in [-0.3, -0.25) is 4.98 Å². The second-order valence-electron chi connectivity index (χ2n) is 8.01. The minimum Gasteiger partial charge on any atom is -0.369 e. The fourth-order valence-corrected chi connectivity index (χ4v) is 6.17. The van der Waals surface area contributed by atoms with Crippen LogP contribution in [0.25, 0.3) is 32.0 Å². The highest BCUT2D eigenvalue weighted by Crippen LogP contribution is 2.44. The lowest BCUT2D eigenvalue weighted by atomic mass is 10.1. The molecule has 0 saturated carbocycles. The smallest absolute Gasteiger partial charge is 0.162 e. The van der Waals surface area contributed by atoms with Crippen LogP contribution in [0, 0.1) is 20.8 Å². The normalized spacial score (nSPS) is 11.2. The minimum atomic E-state index is 0.716. The van der Waals surface area contributed by atoms with E-state index in [-0.39, 0.29) is 0 Å². The quantitative estimate of drug-likeness (QED) is 0.263. The number of aromatic nitrogens is 4. The number of thiophene rings is 1. The Hall–Kier alpha value is -3.16. The zero-order chi connectivity index (χ0) is 22.8. The first-order valence-corrected chi connectivity index (χ1v) is 12.7. The molecule has 0 bridgehead atoms. The first kappa shape index (κ1) is 21.7. The summed E-state index contributed by atoms with van der Waals surface area (Å²) in [6.45, 7) is 7.15. The number of benzene rings is 1. The van der Waals surface area contributed by atoms with Crippen molar-refractivity contribution in [2.45, 2.75) is 33.6 Å². The van der Waals surface area contributed by atoms with Crippen LogP contribution in [-0.4, -0.2) is 26.5 Å². The average molecular weight is 472 g/mol. The van der Waals surface area contributed by atoms with Crippen molar-refractivity contribution in [3.8, 4) is 21.8 Å². The molecule has 4 heterocycles. The maximum Gasteiger partial charge on any atom is 0.162 e. The van der Waals surface area contributed by atoms with Crippen molar-refractivity contribution in [2.24, 2.45) is 0 Å². The number of aryl methyl sites for hydroxylation is 4. The van der Waals surface area contributed by atoms with Crippen molar-refractivity contribution in [1.82, 2.24) is 19.9 Å². The molecule has 0 amide bonds. The van der Waals surface area contributed by atoms with Crippen LogP contribution in [0.5, 0.6) is 0 Å². The Morgan fingerprint density at radius 3 is 2.39 bits per heavy atom. The van der Waals surface area contributed by atoms with Crippen LogP contribution in [0.3, 0.4) is 0 Å². The summed E-state index contributed by atoms with van der Waals surface area (Å²) in [6.07, 6.45) is 5.64. The third-order valence-electron chi connectivity index (χ3n) is 5.56. The number of thiazole rings is 1. The molecule has 1 aromatic carbocycles. The molecule has 7 heteroatoms. The summed E-state index contributed by atoms with van der Waals surface area (Å²) in [7, 11) is 0. The number of anilines is 1. The summed E-state index contributed by atoms with van der Waals surface area (Å²) in [5.74, 6) is 1.62. The zero-order valence-electron chi connectivity index (χ0n) is 18.9. The monoisotopic (exact) mass is 471 g/mol. The lowest BCUT2D eigenvalue weighted by Crippen LogP contribution is -2.06. The summed E-state index contributed by atoms with van der Waals surface area (Å²) < 4.78 is 1.10. The lowest BCUT2D eigenvalue weighted by Gasteiger charge is -2.10. The highest BCUT2D eigenvalue weighted by atomic mass is 32.1. The molecule has 0 spiro atoms. The van der Waals surface area contributed by atoms with E-state index in [4.69, 9.17) is 9.97 Å². The molecule has 166 valence electrons. The van der Waals surface area contributed by atoms with Gasteiger partial charge in [0.1, 0.15) is 5.82 Å². The second kappa shape index (κ2) is 9.37. The van der Waals surface area contributed by atoms with Gasteiger partial charge in [0.2, 0.25) is 0 Å². The van der Waals surface area contributed by atoms with Crippen LogP contribution in [0.15, 0.2) is 54.9 Å². The lowest BCUT2D eigenvalue weighted by molar-refractivity contribution is 0.860. The molecule has 5 rings (SSSR count). The summed E-state index contributed by atoms with van der Waals surface area (Å²) in [6, 6.07) is 14.5. The van der Waals surface area contributed by atoms with E-state index in [1.807, 2.05) is 12.1 Å². The highest BCUT2D eigenvalue weighted by molar-refractivity contribution is 7.21. The maximum atomic E-state index is 5.04. The van der Waals surface area contributed by atoms with Crippen LogP contribution in [0.2, 0.25) is 0 Å². The predicted molar refractivity (Wildman–Crippen MR) is 139 cm³/mol. The van der Waals surface area contributed by atoms with E-state index >= 15 is 0 Å². The van der Waals surface area contributed by atoms with Gasteiger partial charge in [-0.1, -0.05) is 30.3 Å². The van der Waals surface area contributed by atoms with Crippen LogP contribution < -0.4 is 5.32 Å². The van der Waals surface area contributed by atoms with Crippen LogP contribution in [0.1, 0.15) is 27.6 Å². The molecule has 5 aromatic rings. The van der Waals surface area contributed by atoms with Crippen LogP contribution >= 0.6 is 22.7 Å². The number of nitrogens with one attached hydrogen (secondary N) is 1. The summed E-state index contributed by atoms with van der Waals surface area (Å²) in [5, 5.41) is 4.68. The van der Waals surface area contributed by atoms with Crippen molar-refractivity contribution < 1.29 is 0 Å². The van der Waals surface area contributed by atoms with Crippen molar-refractivity contribution >= 4 is 38.7 Å². The van der Waals surface area contributed by atoms with Gasteiger partial charge in [-0.25, -0.2) is 15.0 Å². The van der Waals surface area contributed by atoms with E-state index in [0.29, 0.717) is 5.82 Å². The van der Waals surface area contributed by atoms with Gasteiger partial charge >= 0.3 is 0 Å². The van der Waals surface area contributed by atoms with Crippen molar-refractivity contribution in [3.05, 3.63) is 76.0 Å². The standard InChI is InChI=1S/C26H25N5S2/c1-16-23(33-18(3)29-16)21-17(2)32-24-22(21)30-25(20-11-14-27-15-12-20)31-26(24)28-13-7-10-19-8-5-4-6-9-19/h4-6,8-9,11-12,14-15H,7,10,13H2,1-3H3,(H,28,30,31). The van der Waals surface area contributed by atoms with Gasteiger partial charge < -0.3 is 5.32 Å². The third kappa shape index (κ3) is 4.51. The Kier molecular flexibility index (Phi) is 6.15. The first-order valence-electron chi connectivity index (χ1n) is 11.0. The van der Waals surface area contributed by atoms with Gasteiger partial charge in [0.05, 0.1) is 25.8 Å². The second-order valence-corrected chi connectivity index (χ2v) is 10.4. The van der Waals surface area contributed by atoms with Gasteiger partial charge in [0, 0.05) is 34.9 Å². The topological polar surface area (TPSA) is 63.6 Å². The van der Waals surface area contributed by atoms with E-state index in [9.17, 15) is 0 Å². The molecular weight excluding hydrogens is 446 g/mol. The van der Waals surface area contributed by atoms with Crippen molar-refractivity contribution in [3.63, 3.8) is 0 Å². The van der Waals surface area contributed by atoms with Gasteiger partial charge in [0.25, 0.3) is 0 Å². The minimum absolute atomic E-state index is 0.716. The molecule has 0 atom stereocenters. The summed E-state index contributed by atoms with van der Waals surface area (Å²) in [5.41, 5.74) is 5.56. The molecule has 0 aliphatic rings. The molecule has 0 fully saturated rings. The number of pyridine rings is 1. The van der Waals surface area contributed by atoms with E-state index in [1.165, 1.54) is 20.9 Å². The Morgan fingerprint density at radius 2 is 1.67 bits per heavy atom. The molecule has 0 aliphatic heterocycles. The van der Waals surface area contributed by atoms with Gasteiger partial charge in [0.15, 0.2) is 5.82 Å². The Morgan fingerprint density at radius 1 is 0.879 bits per heavy atom. The molecule has 5 nitrogen and oxygen atoms in total. The van der Waals surface area contributed by atoms with Crippen LogP contribution in [0.4, 0.5) is 5.82 Å². The third-order valence-corrected chi connectivity index (χ3v) is 7.75. The number of rotatable bonds is 7. The Labute approximate surface area is 201 Å². The first-order chi connectivity index (χ1) is 16.1. The van der Waals surface area contributed by atoms with Gasteiger partial charge in [-0.15, -0.1) is 22.7 Å². The van der Waals surface area contributed by atoms with Gasteiger partial charge in [-0.2, -0.15) is 0 Å². The van der Waals surface area contributed by atoms with Crippen molar-refractivity contribution in [2.75, 3.05) is 11.9 Å². The zero-order valence-corrected chi connectivity index (χ0v) is 20.6. The SMILES string of the molecule is Cc1nc(C)c(-c2c(C)sc3c(NCCCc4ccccc4)nc(-c4ccncc4)nc23)s1. The van der Waals surface area contributed by atoms with Crippen molar-refractivity contribution in [1.29, 1.82) is 0 Å². The van der Waals surface area contributed by atoms with E-state index in [2.05, 4.69) is 66.4 Å². The van der Waals surface area contributed by atoms with Gasteiger partial charge in [-0.05, 0) is 51.3 Å². The molecule has 4 aromatic heterocycles. The number of hydrogen-bond acceptors (Lipinski definition) is 7. The predicted octanol–water partition coefficient (Wildman–Crippen LogP) is 6.85. The molecular formula is C26H25N5S2. The van der Waals surface area contributed by atoms with E-state index in [0.717, 1.165) is 51.7 Å². The number of fused-ring (bicyclic) bond motifs is 1.